The molecule has 0 heterocycles. The van der Waals surface area contributed by atoms with Crippen LogP contribution in [0.2, 0.25) is 0 Å². The van der Waals surface area contributed by atoms with Crippen LogP contribution in [0, 0.1) is 17.3 Å². The number of hydrogen-bond donors (Lipinski definition) is 1. The molecule has 30 heavy (non-hydrogen) atoms. The van der Waals surface area contributed by atoms with Gasteiger partial charge in [-0.1, -0.05) is 72.9 Å². The minimum atomic E-state index is 0. The molecule has 0 aromatic heterocycles. The normalized spacial score (nSPS) is 10.2. The lowest BCUT2D eigenvalue weighted by atomic mass is 10.0. The lowest BCUT2D eigenvalue weighted by Crippen LogP contribution is -2.17. The molecule has 3 heteroatoms. The van der Waals surface area contributed by atoms with Crippen molar-refractivity contribution in [2.45, 2.75) is 75.3 Å². The van der Waals surface area contributed by atoms with Crippen LogP contribution < -0.4 is 10.5 Å². The van der Waals surface area contributed by atoms with Crippen molar-refractivity contribution in [3.05, 3.63) is 65.2 Å². The molecule has 0 aliphatic rings. The second-order valence-electron chi connectivity index (χ2n) is 8.09. The second-order valence-corrected chi connectivity index (χ2v) is 8.09. The Labute approximate surface area is 193 Å². The Morgan fingerprint density at radius 2 is 1.23 bits per heavy atom. The summed E-state index contributed by atoms with van der Waals surface area (Å²) in [6.45, 7) is 17.4. The van der Waals surface area contributed by atoms with E-state index in [9.17, 15) is 0 Å². The molecule has 0 fully saturated rings. The molecular formula is C27H44ClNO. The van der Waals surface area contributed by atoms with Gasteiger partial charge >= 0.3 is 0 Å². The van der Waals surface area contributed by atoms with Crippen LogP contribution in [0.4, 0.5) is 0 Å². The highest BCUT2D eigenvalue weighted by Gasteiger charge is 1.97. The van der Waals surface area contributed by atoms with Gasteiger partial charge < -0.3 is 10.5 Å². The average molecular weight is 434 g/mol. The summed E-state index contributed by atoms with van der Waals surface area (Å²) in [5.74, 6) is 7.21. The van der Waals surface area contributed by atoms with Crippen LogP contribution in [0.1, 0.15) is 79.5 Å². The Hall–Kier alpha value is -1.95. The summed E-state index contributed by atoms with van der Waals surface area (Å²) in [4.78, 5) is 0. The topological polar surface area (TPSA) is 35.2 Å². The standard InChI is InChI=1S/C19H21NO.C5H12.C2H6.CH4.ClH/c1-3-21-19-12-10-17(11-13-19)5-4-16-6-8-18(9-7-16)14-15(2)20;1-5(2,3)4;1-2;;/h6-13,15H,3,14,20H2,1-2H3;1-4H3;1-2H3;1H4;1H. The van der Waals surface area contributed by atoms with E-state index in [-0.39, 0.29) is 25.9 Å². The third-order valence-electron chi connectivity index (χ3n) is 3.03. The van der Waals surface area contributed by atoms with Gasteiger partial charge in [0.25, 0.3) is 0 Å². The lowest BCUT2D eigenvalue weighted by molar-refractivity contribution is 0.340. The van der Waals surface area contributed by atoms with Gasteiger partial charge in [0.1, 0.15) is 5.75 Å². The molecule has 2 aromatic rings. The first-order valence-electron chi connectivity index (χ1n) is 10.3. The fraction of sp³-hybridized carbons (Fsp3) is 0.481. The summed E-state index contributed by atoms with van der Waals surface area (Å²) in [5, 5.41) is 0. The number of nitrogens with two attached hydrogens (primary N) is 1. The van der Waals surface area contributed by atoms with E-state index < -0.39 is 0 Å². The smallest absolute Gasteiger partial charge is 0.119 e. The van der Waals surface area contributed by atoms with Gasteiger partial charge in [-0.25, -0.2) is 0 Å². The van der Waals surface area contributed by atoms with Crippen molar-refractivity contribution in [1.82, 2.24) is 0 Å². The first-order valence-corrected chi connectivity index (χ1v) is 10.3. The van der Waals surface area contributed by atoms with Crippen LogP contribution >= 0.6 is 12.4 Å². The van der Waals surface area contributed by atoms with Crippen molar-refractivity contribution < 1.29 is 4.74 Å². The van der Waals surface area contributed by atoms with E-state index in [1.165, 1.54) is 5.56 Å². The molecule has 2 nitrogen and oxygen atoms in total. The predicted molar refractivity (Wildman–Crippen MR) is 138 cm³/mol. The zero-order valence-corrected chi connectivity index (χ0v) is 20.3. The second kappa shape index (κ2) is 17.9. The van der Waals surface area contributed by atoms with Gasteiger partial charge in [0, 0.05) is 17.2 Å². The molecule has 2 N–H and O–H groups in total. The van der Waals surface area contributed by atoms with Crippen molar-refractivity contribution >= 4 is 12.4 Å². The molecule has 0 bridgehead atoms. The minimum Gasteiger partial charge on any atom is -0.494 e. The largest absolute Gasteiger partial charge is 0.494 e. The van der Waals surface area contributed by atoms with Gasteiger partial charge in [-0.3, -0.25) is 0 Å². The number of halogens is 1. The maximum Gasteiger partial charge on any atom is 0.119 e. The van der Waals surface area contributed by atoms with E-state index in [1.807, 2.05) is 64.1 Å². The van der Waals surface area contributed by atoms with Gasteiger partial charge in [-0.2, -0.15) is 0 Å². The Morgan fingerprint density at radius 1 is 0.867 bits per heavy atom. The Balaban J connectivity index is -0.000000713. The monoisotopic (exact) mass is 433 g/mol. The highest BCUT2D eigenvalue weighted by atomic mass is 35.5. The molecule has 0 radical (unpaired) electrons. The molecule has 2 aromatic carbocycles. The Kier molecular flexibility index (Phi) is 19.5. The van der Waals surface area contributed by atoms with E-state index in [0.29, 0.717) is 12.0 Å². The summed E-state index contributed by atoms with van der Waals surface area (Å²) in [6, 6.07) is 16.3. The van der Waals surface area contributed by atoms with Crippen molar-refractivity contribution in [2.75, 3.05) is 6.61 Å². The fourth-order valence-electron chi connectivity index (χ4n) is 2.04. The molecule has 2 rings (SSSR count). The summed E-state index contributed by atoms with van der Waals surface area (Å²) in [5.41, 5.74) is 9.54. The SMILES string of the molecule is C.CC.CC(C)(C)C.CCOc1ccc(C#Cc2ccc(CC(C)N)cc2)cc1.Cl. The van der Waals surface area contributed by atoms with E-state index in [1.54, 1.807) is 0 Å². The maximum absolute atomic E-state index is 5.79. The van der Waals surface area contributed by atoms with Crippen molar-refractivity contribution in [1.29, 1.82) is 0 Å². The maximum atomic E-state index is 5.79. The van der Waals surface area contributed by atoms with E-state index in [4.69, 9.17) is 10.5 Å². The zero-order chi connectivity index (χ0) is 21.6. The molecule has 0 saturated heterocycles. The molecule has 170 valence electrons. The van der Waals surface area contributed by atoms with Crippen LogP contribution in [0.15, 0.2) is 48.5 Å². The third-order valence-corrected chi connectivity index (χ3v) is 3.03. The van der Waals surface area contributed by atoms with Gasteiger partial charge in [-0.05, 0) is 67.6 Å². The van der Waals surface area contributed by atoms with E-state index >= 15 is 0 Å². The first kappa shape index (κ1) is 32.7. The third kappa shape index (κ3) is 18.1. The van der Waals surface area contributed by atoms with Gasteiger partial charge in [0.05, 0.1) is 6.61 Å². The number of ether oxygens (including phenoxy) is 1. The van der Waals surface area contributed by atoms with Crippen molar-refractivity contribution in [3.63, 3.8) is 0 Å². The van der Waals surface area contributed by atoms with Crippen molar-refractivity contribution in [2.24, 2.45) is 11.1 Å². The number of benzene rings is 2. The van der Waals surface area contributed by atoms with E-state index in [0.717, 1.165) is 23.3 Å². The zero-order valence-electron chi connectivity index (χ0n) is 19.5. The molecular weight excluding hydrogens is 390 g/mol. The molecule has 1 atom stereocenters. The quantitative estimate of drug-likeness (QED) is 0.506. The highest BCUT2D eigenvalue weighted by Crippen LogP contribution is 2.12. The molecule has 0 saturated carbocycles. The molecule has 0 aliphatic heterocycles. The molecule has 0 spiro atoms. The lowest BCUT2D eigenvalue weighted by Gasteiger charge is -2.05. The fourth-order valence-corrected chi connectivity index (χ4v) is 2.04. The highest BCUT2D eigenvalue weighted by molar-refractivity contribution is 5.85. The van der Waals surface area contributed by atoms with Crippen LogP contribution in [-0.2, 0) is 6.42 Å². The Morgan fingerprint density at radius 3 is 1.57 bits per heavy atom. The Bertz CT molecular complexity index is 696. The van der Waals surface area contributed by atoms with Crippen molar-refractivity contribution in [3.8, 4) is 17.6 Å². The molecule has 1 unspecified atom stereocenters. The van der Waals surface area contributed by atoms with Crippen LogP contribution in [0.25, 0.3) is 0 Å². The first-order chi connectivity index (χ1) is 13.2. The molecule has 0 amide bonds. The number of hydrogen-bond acceptors (Lipinski definition) is 2. The summed E-state index contributed by atoms with van der Waals surface area (Å²) in [7, 11) is 0. The van der Waals surface area contributed by atoms with Gasteiger partial charge in [-0.15, -0.1) is 12.4 Å². The summed E-state index contributed by atoms with van der Waals surface area (Å²) in [6.07, 6.45) is 0.895. The molecule has 0 aliphatic carbocycles. The van der Waals surface area contributed by atoms with Gasteiger partial charge in [0.15, 0.2) is 0 Å². The van der Waals surface area contributed by atoms with Crippen LogP contribution in [0.3, 0.4) is 0 Å². The minimum absolute atomic E-state index is 0. The average Bonchev–Trinajstić information content (AvgIpc) is 2.62. The predicted octanol–water partition coefficient (Wildman–Crippen LogP) is 7.51. The summed E-state index contributed by atoms with van der Waals surface area (Å²) < 4.78 is 5.41. The van der Waals surface area contributed by atoms with Crippen LogP contribution in [-0.4, -0.2) is 12.6 Å². The number of rotatable bonds is 4. The van der Waals surface area contributed by atoms with E-state index in [2.05, 4.69) is 51.7 Å². The van der Waals surface area contributed by atoms with Gasteiger partial charge in [0.2, 0.25) is 0 Å². The summed E-state index contributed by atoms with van der Waals surface area (Å²) >= 11 is 0. The van der Waals surface area contributed by atoms with Crippen LogP contribution in [0.5, 0.6) is 5.75 Å².